The van der Waals surface area contributed by atoms with Crippen LogP contribution >= 0.6 is 0 Å². The molecule has 0 atom stereocenters. The van der Waals surface area contributed by atoms with Gasteiger partial charge in [-0.15, -0.1) is 0 Å². The zero-order valence-corrected chi connectivity index (χ0v) is 13.8. The monoisotopic (exact) mass is 314 g/mol. The SMILES string of the molecule is CC(C)(C)OC(=O)N1CCCn2nc(-c3ccccn3)cc2C1. The highest BCUT2D eigenvalue weighted by Gasteiger charge is 2.25. The van der Waals surface area contributed by atoms with Crippen molar-refractivity contribution in [3.63, 3.8) is 0 Å². The second kappa shape index (κ2) is 6.02. The second-order valence-corrected chi connectivity index (χ2v) is 6.71. The van der Waals surface area contributed by atoms with Crippen LogP contribution in [0.15, 0.2) is 30.5 Å². The van der Waals surface area contributed by atoms with Gasteiger partial charge in [0.25, 0.3) is 0 Å². The predicted molar refractivity (Wildman–Crippen MR) is 86.7 cm³/mol. The molecule has 0 aromatic carbocycles. The quantitative estimate of drug-likeness (QED) is 0.811. The van der Waals surface area contributed by atoms with Gasteiger partial charge in [-0.1, -0.05) is 6.07 Å². The number of hydrogen-bond donors (Lipinski definition) is 0. The molecule has 1 aliphatic heterocycles. The molecular weight excluding hydrogens is 292 g/mol. The van der Waals surface area contributed by atoms with Crippen LogP contribution in [0.5, 0.6) is 0 Å². The first-order valence-corrected chi connectivity index (χ1v) is 7.88. The summed E-state index contributed by atoms with van der Waals surface area (Å²) < 4.78 is 7.45. The van der Waals surface area contributed by atoms with Crippen LogP contribution in [0.3, 0.4) is 0 Å². The third-order valence-electron chi connectivity index (χ3n) is 3.59. The third kappa shape index (κ3) is 3.70. The Morgan fingerprint density at radius 3 is 2.74 bits per heavy atom. The second-order valence-electron chi connectivity index (χ2n) is 6.71. The van der Waals surface area contributed by atoms with Crippen molar-refractivity contribution in [1.82, 2.24) is 19.7 Å². The Kier molecular flexibility index (Phi) is 4.07. The van der Waals surface area contributed by atoms with Crippen molar-refractivity contribution in [2.45, 2.75) is 45.9 Å². The van der Waals surface area contributed by atoms with Crippen LogP contribution < -0.4 is 0 Å². The first-order chi connectivity index (χ1) is 10.9. The molecule has 0 bridgehead atoms. The fourth-order valence-corrected chi connectivity index (χ4v) is 2.58. The Bertz CT molecular complexity index is 688. The number of ether oxygens (including phenoxy) is 1. The summed E-state index contributed by atoms with van der Waals surface area (Å²) in [5, 5.41) is 4.62. The summed E-state index contributed by atoms with van der Waals surface area (Å²) in [5.74, 6) is 0. The van der Waals surface area contributed by atoms with Gasteiger partial charge in [-0.3, -0.25) is 9.67 Å². The lowest BCUT2D eigenvalue weighted by atomic mass is 10.2. The summed E-state index contributed by atoms with van der Waals surface area (Å²) in [4.78, 5) is 18.4. The summed E-state index contributed by atoms with van der Waals surface area (Å²) in [5.41, 5.74) is 2.21. The minimum absolute atomic E-state index is 0.272. The van der Waals surface area contributed by atoms with Crippen LogP contribution in [-0.2, 0) is 17.8 Å². The molecule has 2 aromatic heterocycles. The van der Waals surface area contributed by atoms with E-state index in [1.165, 1.54) is 0 Å². The zero-order chi connectivity index (χ0) is 16.4. The van der Waals surface area contributed by atoms with Crippen molar-refractivity contribution in [2.24, 2.45) is 0 Å². The molecule has 0 saturated heterocycles. The van der Waals surface area contributed by atoms with Gasteiger partial charge in [-0.2, -0.15) is 5.10 Å². The smallest absolute Gasteiger partial charge is 0.410 e. The van der Waals surface area contributed by atoms with Gasteiger partial charge in [0.15, 0.2) is 0 Å². The van der Waals surface area contributed by atoms with E-state index in [1.54, 1.807) is 11.1 Å². The van der Waals surface area contributed by atoms with E-state index in [-0.39, 0.29) is 6.09 Å². The summed E-state index contributed by atoms with van der Waals surface area (Å²) in [6.07, 6.45) is 2.34. The average Bonchev–Trinajstić information content (AvgIpc) is 2.78. The van der Waals surface area contributed by atoms with Crippen molar-refractivity contribution >= 4 is 6.09 Å². The zero-order valence-electron chi connectivity index (χ0n) is 13.8. The number of aromatic nitrogens is 3. The van der Waals surface area contributed by atoms with Crippen molar-refractivity contribution < 1.29 is 9.53 Å². The van der Waals surface area contributed by atoms with Crippen molar-refractivity contribution in [3.8, 4) is 11.4 Å². The highest BCUT2D eigenvalue weighted by atomic mass is 16.6. The van der Waals surface area contributed by atoms with Gasteiger partial charge >= 0.3 is 6.09 Å². The maximum atomic E-state index is 12.3. The molecule has 122 valence electrons. The molecule has 3 heterocycles. The maximum Gasteiger partial charge on any atom is 0.410 e. The molecule has 1 amide bonds. The number of carbonyl (C=O) groups is 1. The number of aryl methyl sites for hydroxylation is 1. The molecule has 6 heteroatoms. The molecule has 1 aliphatic rings. The molecule has 0 N–H and O–H groups in total. The summed E-state index contributed by atoms with van der Waals surface area (Å²) in [7, 11) is 0. The van der Waals surface area contributed by atoms with Gasteiger partial charge in [0.05, 0.1) is 17.9 Å². The molecular formula is C17H22N4O2. The molecule has 2 aromatic rings. The fourth-order valence-electron chi connectivity index (χ4n) is 2.58. The largest absolute Gasteiger partial charge is 0.444 e. The summed E-state index contributed by atoms with van der Waals surface area (Å²) >= 11 is 0. The number of amides is 1. The molecule has 3 rings (SSSR count). The Hall–Kier alpha value is -2.37. The standard InChI is InChI=1S/C17H22N4O2/c1-17(2,3)23-16(22)20-9-6-10-21-13(12-20)11-15(19-21)14-7-4-5-8-18-14/h4-5,7-8,11H,6,9-10,12H2,1-3H3. The van der Waals surface area contributed by atoms with E-state index < -0.39 is 5.60 Å². The van der Waals surface area contributed by atoms with Gasteiger partial charge in [0.1, 0.15) is 11.3 Å². The number of carbonyl (C=O) groups excluding carboxylic acids is 1. The highest BCUT2D eigenvalue weighted by Crippen LogP contribution is 2.21. The maximum absolute atomic E-state index is 12.3. The molecule has 23 heavy (non-hydrogen) atoms. The van der Waals surface area contributed by atoms with Gasteiger partial charge in [-0.05, 0) is 45.4 Å². The van der Waals surface area contributed by atoms with Crippen LogP contribution in [0.25, 0.3) is 11.4 Å². The lowest BCUT2D eigenvalue weighted by molar-refractivity contribution is 0.0236. The minimum atomic E-state index is -0.483. The van der Waals surface area contributed by atoms with Crippen LogP contribution in [-0.4, -0.2) is 37.9 Å². The van der Waals surface area contributed by atoms with E-state index in [4.69, 9.17) is 4.74 Å². The van der Waals surface area contributed by atoms with E-state index in [9.17, 15) is 4.79 Å². The molecule has 0 saturated carbocycles. The first-order valence-electron chi connectivity index (χ1n) is 7.88. The Labute approximate surface area is 136 Å². The van der Waals surface area contributed by atoms with E-state index in [0.717, 1.165) is 30.0 Å². The lowest BCUT2D eigenvalue weighted by Crippen LogP contribution is -2.36. The molecule has 0 fully saturated rings. The molecule has 6 nitrogen and oxygen atoms in total. The van der Waals surface area contributed by atoms with Gasteiger partial charge < -0.3 is 9.64 Å². The van der Waals surface area contributed by atoms with E-state index in [0.29, 0.717) is 13.1 Å². The average molecular weight is 314 g/mol. The van der Waals surface area contributed by atoms with Gasteiger partial charge in [0.2, 0.25) is 0 Å². The Morgan fingerprint density at radius 1 is 1.22 bits per heavy atom. The van der Waals surface area contributed by atoms with E-state index in [2.05, 4.69) is 10.1 Å². The van der Waals surface area contributed by atoms with E-state index in [1.807, 2.05) is 49.7 Å². The molecule has 0 radical (unpaired) electrons. The van der Waals surface area contributed by atoms with Crippen molar-refractivity contribution in [3.05, 3.63) is 36.2 Å². The third-order valence-corrected chi connectivity index (χ3v) is 3.59. The van der Waals surface area contributed by atoms with Gasteiger partial charge in [0, 0.05) is 19.3 Å². The fraction of sp³-hybridized carbons (Fsp3) is 0.471. The number of fused-ring (bicyclic) bond motifs is 1. The molecule has 0 spiro atoms. The minimum Gasteiger partial charge on any atom is -0.444 e. The topological polar surface area (TPSA) is 60.2 Å². The van der Waals surface area contributed by atoms with Crippen LogP contribution in [0, 0.1) is 0 Å². The number of rotatable bonds is 1. The van der Waals surface area contributed by atoms with Gasteiger partial charge in [-0.25, -0.2) is 4.79 Å². The molecule has 0 aliphatic carbocycles. The number of hydrogen-bond acceptors (Lipinski definition) is 4. The summed E-state index contributed by atoms with van der Waals surface area (Å²) in [6, 6.07) is 7.77. The van der Waals surface area contributed by atoms with Crippen LogP contribution in [0.2, 0.25) is 0 Å². The predicted octanol–water partition coefficient (Wildman–Crippen LogP) is 3.09. The Morgan fingerprint density at radius 2 is 2.04 bits per heavy atom. The first kappa shape index (κ1) is 15.5. The highest BCUT2D eigenvalue weighted by molar-refractivity contribution is 5.68. The van der Waals surface area contributed by atoms with Crippen molar-refractivity contribution in [2.75, 3.05) is 6.54 Å². The Balaban J connectivity index is 1.80. The van der Waals surface area contributed by atoms with Crippen molar-refractivity contribution in [1.29, 1.82) is 0 Å². The normalized spacial score (nSPS) is 15.0. The molecule has 0 unspecified atom stereocenters. The number of pyridine rings is 1. The summed E-state index contributed by atoms with van der Waals surface area (Å²) in [6.45, 7) is 7.62. The van der Waals surface area contributed by atoms with Crippen LogP contribution in [0.4, 0.5) is 4.79 Å². The number of nitrogens with zero attached hydrogens (tertiary/aromatic N) is 4. The van der Waals surface area contributed by atoms with E-state index >= 15 is 0 Å². The van der Waals surface area contributed by atoms with Crippen LogP contribution in [0.1, 0.15) is 32.9 Å². The lowest BCUT2D eigenvalue weighted by Gasteiger charge is -2.26.